The van der Waals surface area contributed by atoms with Crippen molar-refractivity contribution >= 4 is 0 Å². The first-order valence-electron chi connectivity index (χ1n) is 3.63. The van der Waals surface area contributed by atoms with E-state index < -0.39 is 0 Å². The summed E-state index contributed by atoms with van der Waals surface area (Å²) >= 11 is 0. The minimum atomic E-state index is 0.718. The van der Waals surface area contributed by atoms with Crippen LogP contribution in [0.4, 0.5) is 0 Å². The van der Waals surface area contributed by atoms with Crippen LogP contribution in [0.3, 0.4) is 0 Å². The average molecular weight is 128 g/mol. The molecule has 0 aromatic heterocycles. The maximum atomic E-state index is 3.30. The monoisotopic (exact) mass is 128 g/mol. The van der Waals surface area contributed by atoms with E-state index in [2.05, 4.69) is 24.2 Å². The lowest BCUT2D eigenvalue weighted by Crippen LogP contribution is -2.36. The van der Waals surface area contributed by atoms with Crippen LogP contribution in [-0.4, -0.2) is 37.6 Å². The Morgan fingerprint density at radius 3 is 2.44 bits per heavy atom. The van der Waals surface area contributed by atoms with Crippen LogP contribution in [0, 0.1) is 0 Å². The molecule has 9 heavy (non-hydrogen) atoms. The summed E-state index contributed by atoms with van der Waals surface area (Å²) in [5.41, 5.74) is 0. The molecule has 0 spiro atoms. The molecule has 1 heterocycles. The summed E-state index contributed by atoms with van der Waals surface area (Å²) in [4.78, 5) is 2.39. The Labute approximate surface area is 57.2 Å². The van der Waals surface area contributed by atoms with Crippen molar-refractivity contribution in [1.29, 1.82) is 0 Å². The second kappa shape index (κ2) is 2.67. The van der Waals surface area contributed by atoms with Crippen LogP contribution >= 0.6 is 0 Å². The molecule has 2 atom stereocenters. The maximum Gasteiger partial charge on any atom is 0.0229 e. The third-order valence-electron chi connectivity index (χ3n) is 2.44. The zero-order chi connectivity index (χ0) is 6.85. The summed E-state index contributed by atoms with van der Waals surface area (Å²) < 4.78 is 0. The van der Waals surface area contributed by atoms with Gasteiger partial charge in [-0.25, -0.2) is 0 Å². The highest BCUT2D eigenvalue weighted by Gasteiger charge is 2.25. The lowest BCUT2D eigenvalue weighted by molar-refractivity contribution is 0.306. The van der Waals surface area contributed by atoms with E-state index in [9.17, 15) is 0 Å². The minimum Gasteiger partial charge on any atom is -0.315 e. The Bertz CT molecular complexity index is 92.9. The zero-order valence-electron chi connectivity index (χ0n) is 6.52. The van der Waals surface area contributed by atoms with Crippen LogP contribution in [0.25, 0.3) is 0 Å². The van der Waals surface area contributed by atoms with Gasteiger partial charge in [0.2, 0.25) is 0 Å². The van der Waals surface area contributed by atoms with Crippen LogP contribution in [0.15, 0.2) is 0 Å². The van der Waals surface area contributed by atoms with Gasteiger partial charge in [-0.05, 0) is 34.0 Å². The Balaban J connectivity index is 2.41. The average Bonchev–Trinajstić information content (AvgIpc) is 2.15. The minimum absolute atomic E-state index is 0.718. The van der Waals surface area contributed by atoms with Crippen molar-refractivity contribution in [3.05, 3.63) is 0 Å². The highest BCUT2D eigenvalue weighted by atomic mass is 15.2. The number of likely N-dealkylation sites (tertiary alicyclic amines) is 1. The van der Waals surface area contributed by atoms with Crippen molar-refractivity contribution in [2.24, 2.45) is 0 Å². The van der Waals surface area contributed by atoms with Crippen molar-refractivity contribution in [3.8, 4) is 0 Å². The topological polar surface area (TPSA) is 15.3 Å². The molecule has 0 unspecified atom stereocenters. The Morgan fingerprint density at radius 2 is 2.22 bits per heavy atom. The lowest BCUT2D eigenvalue weighted by atomic mass is 10.1. The molecule has 1 aliphatic heterocycles. The van der Waals surface area contributed by atoms with Crippen LogP contribution in [0.1, 0.15) is 13.3 Å². The molecule has 0 aromatic rings. The van der Waals surface area contributed by atoms with Gasteiger partial charge in [-0.1, -0.05) is 0 Å². The van der Waals surface area contributed by atoms with E-state index in [1.165, 1.54) is 13.0 Å². The molecule has 0 aliphatic carbocycles. The van der Waals surface area contributed by atoms with Gasteiger partial charge in [0.15, 0.2) is 0 Å². The predicted molar refractivity (Wildman–Crippen MR) is 39.6 cm³/mol. The van der Waals surface area contributed by atoms with E-state index in [4.69, 9.17) is 0 Å². The van der Waals surface area contributed by atoms with Crippen molar-refractivity contribution in [2.75, 3.05) is 20.6 Å². The van der Waals surface area contributed by atoms with Crippen LogP contribution < -0.4 is 5.32 Å². The van der Waals surface area contributed by atoms with Crippen LogP contribution in [-0.2, 0) is 0 Å². The molecule has 1 rings (SSSR count). The quantitative estimate of drug-likeness (QED) is 0.546. The van der Waals surface area contributed by atoms with E-state index in [0.29, 0.717) is 0 Å². The molecule has 2 heteroatoms. The lowest BCUT2D eigenvalue weighted by Gasteiger charge is -2.19. The van der Waals surface area contributed by atoms with Crippen LogP contribution in [0.2, 0.25) is 0 Å². The van der Waals surface area contributed by atoms with E-state index in [1.807, 2.05) is 7.05 Å². The summed E-state index contributed by atoms with van der Waals surface area (Å²) in [6.45, 7) is 3.51. The van der Waals surface area contributed by atoms with Gasteiger partial charge in [0, 0.05) is 12.1 Å². The summed E-state index contributed by atoms with van der Waals surface area (Å²) in [5, 5.41) is 3.30. The fourth-order valence-electron chi connectivity index (χ4n) is 1.48. The van der Waals surface area contributed by atoms with E-state index in [-0.39, 0.29) is 0 Å². The van der Waals surface area contributed by atoms with Crippen molar-refractivity contribution in [1.82, 2.24) is 10.2 Å². The fourth-order valence-corrected chi connectivity index (χ4v) is 1.48. The molecule has 0 aromatic carbocycles. The molecular formula is C7H16N2. The summed E-state index contributed by atoms with van der Waals surface area (Å²) in [7, 11) is 4.22. The number of rotatable bonds is 1. The molecule has 0 amide bonds. The normalized spacial score (nSPS) is 37.7. The van der Waals surface area contributed by atoms with Gasteiger partial charge in [0.25, 0.3) is 0 Å². The number of hydrogen-bond acceptors (Lipinski definition) is 2. The molecule has 54 valence electrons. The van der Waals surface area contributed by atoms with Crippen molar-refractivity contribution in [3.63, 3.8) is 0 Å². The molecule has 0 bridgehead atoms. The maximum absolute atomic E-state index is 3.30. The second-order valence-electron chi connectivity index (χ2n) is 2.91. The molecule has 1 fully saturated rings. The van der Waals surface area contributed by atoms with Gasteiger partial charge in [0.05, 0.1) is 0 Å². The van der Waals surface area contributed by atoms with E-state index in [0.717, 1.165) is 12.1 Å². The third-order valence-corrected chi connectivity index (χ3v) is 2.44. The van der Waals surface area contributed by atoms with E-state index >= 15 is 0 Å². The van der Waals surface area contributed by atoms with Gasteiger partial charge in [-0.15, -0.1) is 0 Å². The first-order valence-corrected chi connectivity index (χ1v) is 3.63. The molecule has 1 aliphatic rings. The predicted octanol–water partition coefficient (Wildman–Crippen LogP) is 0.298. The highest BCUT2D eigenvalue weighted by molar-refractivity contribution is 4.85. The first kappa shape index (κ1) is 7.03. The first-order chi connectivity index (χ1) is 4.25. The second-order valence-corrected chi connectivity index (χ2v) is 2.91. The zero-order valence-corrected chi connectivity index (χ0v) is 6.52. The van der Waals surface area contributed by atoms with Gasteiger partial charge in [-0.2, -0.15) is 0 Å². The van der Waals surface area contributed by atoms with Gasteiger partial charge in [0.1, 0.15) is 0 Å². The Morgan fingerprint density at radius 1 is 1.56 bits per heavy atom. The number of nitrogens with zero attached hydrogens (tertiary/aromatic N) is 1. The van der Waals surface area contributed by atoms with Gasteiger partial charge < -0.3 is 10.2 Å². The Hall–Kier alpha value is -0.0800. The van der Waals surface area contributed by atoms with Crippen molar-refractivity contribution in [2.45, 2.75) is 25.4 Å². The number of hydrogen-bond donors (Lipinski definition) is 1. The number of likely N-dealkylation sites (N-methyl/N-ethyl adjacent to an activating group) is 2. The molecule has 1 saturated heterocycles. The summed E-state index contributed by atoms with van der Waals surface area (Å²) in [6.07, 6.45) is 1.30. The molecule has 0 saturated carbocycles. The summed E-state index contributed by atoms with van der Waals surface area (Å²) in [5.74, 6) is 0. The smallest absolute Gasteiger partial charge is 0.0229 e. The van der Waals surface area contributed by atoms with Crippen LogP contribution in [0.5, 0.6) is 0 Å². The number of nitrogens with one attached hydrogen (secondary N) is 1. The molecule has 2 nitrogen and oxygen atoms in total. The summed E-state index contributed by atoms with van der Waals surface area (Å²) in [6, 6.07) is 1.44. The highest BCUT2D eigenvalue weighted by Crippen LogP contribution is 2.13. The van der Waals surface area contributed by atoms with Crippen molar-refractivity contribution < 1.29 is 0 Å². The molecular weight excluding hydrogens is 112 g/mol. The van der Waals surface area contributed by atoms with E-state index in [1.54, 1.807) is 0 Å². The molecule has 0 radical (unpaired) electrons. The van der Waals surface area contributed by atoms with Gasteiger partial charge >= 0.3 is 0 Å². The standard InChI is InChI=1S/C7H16N2/c1-6-7(8-2)4-5-9(6)3/h6-8H,4-5H2,1-3H3/t6-,7+/m0/s1. The third kappa shape index (κ3) is 1.25. The SMILES string of the molecule is CN[C@@H]1CCN(C)[C@H]1C. The largest absolute Gasteiger partial charge is 0.315 e. The fraction of sp³-hybridized carbons (Fsp3) is 1.00. The Kier molecular flexibility index (Phi) is 2.09. The molecule has 1 N–H and O–H groups in total. The van der Waals surface area contributed by atoms with Gasteiger partial charge in [-0.3, -0.25) is 0 Å².